The summed E-state index contributed by atoms with van der Waals surface area (Å²) in [5.74, 6) is -1.37. The maximum atomic E-state index is 13.6. The van der Waals surface area contributed by atoms with Crippen LogP contribution in [0.2, 0.25) is 0 Å². The van der Waals surface area contributed by atoms with Crippen LogP contribution in [0.5, 0.6) is 0 Å². The molecule has 0 saturated heterocycles. The van der Waals surface area contributed by atoms with E-state index in [0.29, 0.717) is 6.54 Å². The minimum Gasteiger partial charge on any atom is -0.340 e. The molecule has 0 aromatic heterocycles. The van der Waals surface area contributed by atoms with Crippen LogP contribution < -0.4 is 0 Å². The zero-order valence-corrected chi connectivity index (χ0v) is 13.2. The number of hydrogen-bond donors (Lipinski definition) is 0. The number of nitrogens with zero attached hydrogens (tertiary/aromatic N) is 1. The number of thioether (sulfide) groups is 1. The Morgan fingerprint density at radius 3 is 2.50 bits per heavy atom. The van der Waals surface area contributed by atoms with E-state index in [1.54, 1.807) is 18.9 Å². The van der Waals surface area contributed by atoms with Crippen LogP contribution in [-0.2, 0) is 11.3 Å². The Bertz CT molecular complexity index is 648. The number of benzene rings is 2. The number of carbonyl (C=O) groups excluding carboxylic acids is 1. The molecule has 1 unspecified atom stereocenters. The highest BCUT2D eigenvalue weighted by atomic mass is 32.2. The lowest BCUT2D eigenvalue weighted by Gasteiger charge is -2.21. The van der Waals surface area contributed by atoms with Gasteiger partial charge in [0.05, 0.1) is 5.25 Å². The minimum atomic E-state index is -0.643. The lowest BCUT2D eigenvalue weighted by Crippen LogP contribution is -2.32. The predicted molar refractivity (Wildman–Crippen MR) is 84.6 cm³/mol. The molecule has 2 rings (SSSR count). The highest BCUT2D eigenvalue weighted by Crippen LogP contribution is 2.27. The predicted octanol–water partition coefficient (Wildman–Crippen LogP) is 4.10. The minimum absolute atomic E-state index is 0.0995. The van der Waals surface area contributed by atoms with Gasteiger partial charge in [-0.05, 0) is 24.6 Å². The fourth-order valence-corrected chi connectivity index (χ4v) is 3.04. The van der Waals surface area contributed by atoms with E-state index in [1.165, 1.54) is 12.1 Å². The van der Waals surface area contributed by atoms with Gasteiger partial charge in [0.1, 0.15) is 11.6 Å². The van der Waals surface area contributed by atoms with Crippen LogP contribution in [0.25, 0.3) is 0 Å². The second kappa shape index (κ2) is 7.40. The van der Waals surface area contributed by atoms with Crippen LogP contribution in [-0.4, -0.2) is 23.1 Å². The summed E-state index contributed by atoms with van der Waals surface area (Å²) in [5.41, 5.74) is 1.03. The van der Waals surface area contributed by atoms with E-state index >= 15 is 0 Å². The molecular weight excluding hydrogens is 304 g/mol. The van der Waals surface area contributed by atoms with E-state index in [9.17, 15) is 13.6 Å². The summed E-state index contributed by atoms with van der Waals surface area (Å²) in [5, 5.41) is -0.450. The normalized spacial score (nSPS) is 12.0. The van der Waals surface area contributed by atoms with E-state index in [4.69, 9.17) is 0 Å². The fourth-order valence-electron chi connectivity index (χ4n) is 2.06. The molecule has 0 aliphatic carbocycles. The SMILES string of the molecule is CC(Sc1ccc(F)cc1F)C(=O)N(C)Cc1ccccc1. The lowest BCUT2D eigenvalue weighted by atomic mass is 10.2. The average molecular weight is 321 g/mol. The molecule has 0 bridgehead atoms. The highest BCUT2D eigenvalue weighted by molar-refractivity contribution is 8.00. The third-order valence-electron chi connectivity index (χ3n) is 3.18. The van der Waals surface area contributed by atoms with Gasteiger partial charge in [-0.25, -0.2) is 8.78 Å². The van der Waals surface area contributed by atoms with Gasteiger partial charge in [-0.1, -0.05) is 30.3 Å². The molecule has 0 N–H and O–H groups in total. The van der Waals surface area contributed by atoms with Crippen LogP contribution in [0.4, 0.5) is 8.78 Å². The van der Waals surface area contributed by atoms with Crippen molar-refractivity contribution in [2.24, 2.45) is 0 Å². The topological polar surface area (TPSA) is 20.3 Å². The standard InChI is InChI=1S/C17H17F2NOS/c1-12(22-16-9-8-14(18)10-15(16)19)17(21)20(2)11-13-6-4-3-5-7-13/h3-10,12H,11H2,1-2H3. The van der Waals surface area contributed by atoms with Crippen LogP contribution >= 0.6 is 11.8 Å². The second-order valence-corrected chi connectivity index (χ2v) is 6.40. The summed E-state index contributed by atoms with van der Waals surface area (Å²) in [4.78, 5) is 14.2. The first-order valence-corrected chi connectivity index (χ1v) is 7.76. The van der Waals surface area contributed by atoms with E-state index in [0.717, 1.165) is 23.4 Å². The summed E-state index contributed by atoms with van der Waals surface area (Å²) in [6.07, 6.45) is 0. The molecule has 0 spiro atoms. The molecule has 0 aliphatic rings. The molecule has 5 heteroatoms. The molecule has 1 atom stereocenters. The Kier molecular flexibility index (Phi) is 5.55. The lowest BCUT2D eigenvalue weighted by molar-refractivity contribution is -0.129. The van der Waals surface area contributed by atoms with E-state index in [1.807, 2.05) is 30.3 Å². The Labute approximate surface area is 133 Å². The smallest absolute Gasteiger partial charge is 0.235 e. The van der Waals surface area contributed by atoms with Gasteiger partial charge in [0.25, 0.3) is 0 Å². The van der Waals surface area contributed by atoms with Crippen molar-refractivity contribution in [1.29, 1.82) is 0 Å². The van der Waals surface area contributed by atoms with Gasteiger partial charge < -0.3 is 4.90 Å². The van der Waals surface area contributed by atoms with E-state index in [-0.39, 0.29) is 10.8 Å². The molecule has 1 amide bonds. The first kappa shape index (κ1) is 16.5. The average Bonchev–Trinajstić information content (AvgIpc) is 2.50. The molecule has 0 aliphatic heterocycles. The number of hydrogen-bond acceptors (Lipinski definition) is 2. The number of halogens is 2. The zero-order chi connectivity index (χ0) is 16.1. The Morgan fingerprint density at radius 2 is 1.86 bits per heavy atom. The number of rotatable bonds is 5. The summed E-state index contributed by atoms with van der Waals surface area (Å²) < 4.78 is 26.5. The van der Waals surface area contributed by atoms with Crippen LogP contribution in [0.3, 0.4) is 0 Å². The fraction of sp³-hybridized carbons (Fsp3) is 0.235. The van der Waals surface area contributed by atoms with Crippen molar-refractivity contribution in [3.63, 3.8) is 0 Å². The van der Waals surface area contributed by atoms with Gasteiger partial charge in [-0.3, -0.25) is 4.79 Å². The van der Waals surface area contributed by atoms with Gasteiger partial charge in [0.15, 0.2) is 0 Å². The highest BCUT2D eigenvalue weighted by Gasteiger charge is 2.20. The molecule has 2 aromatic carbocycles. The molecule has 0 fully saturated rings. The van der Waals surface area contributed by atoms with Gasteiger partial charge in [-0.2, -0.15) is 0 Å². The van der Waals surface area contributed by atoms with Crippen molar-refractivity contribution in [2.75, 3.05) is 7.05 Å². The van der Waals surface area contributed by atoms with E-state index in [2.05, 4.69) is 0 Å². The molecule has 116 valence electrons. The van der Waals surface area contributed by atoms with E-state index < -0.39 is 16.9 Å². The summed E-state index contributed by atoms with van der Waals surface area (Å²) >= 11 is 1.09. The van der Waals surface area contributed by atoms with Gasteiger partial charge >= 0.3 is 0 Å². The molecule has 2 aromatic rings. The summed E-state index contributed by atoms with van der Waals surface area (Å²) in [7, 11) is 1.72. The van der Waals surface area contributed by atoms with Crippen molar-refractivity contribution in [3.05, 3.63) is 65.7 Å². The molecule has 2 nitrogen and oxygen atoms in total. The van der Waals surface area contributed by atoms with Gasteiger partial charge in [0.2, 0.25) is 5.91 Å². The molecule has 0 saturated carbocycles. The van der Waals surface area contributed by atoms with Crippen molar-refractivity contribution in [1.82, 2.24) is 4.90 Å². The van der Waals surface area contributed by atoms with Crippen molar-refractivity contribution < 1.29 is 13.6 Å². The number of amides is 1. The van der Waals surface area contributed by atoms with Crippen LogP contribution in [0, 0.1) is 11.6 Å². The van der Waals surface area contributed by atoms with Crippen molar-refractivity contribution in [3.8, 4) is 0 Å². The van der Waals surface area contributed by atoms with Crippen LogP contribution in [0.1, 0.15) is 12.5 Å². The molecular formula is C17H17F2NOS. The Balaban J connectivity index is 1.99. The van der Waals surface area contributed by atoms with Crippen molar-refractivity contribution in [2.45, 2.75) is 23.6 Å². The van der Waals surface area contributed by atoms with Gasteiger partial charge in [-0.15, -0.1) is 11.8 Å². The Hall–Kier alpha value is -1.88. The maximum Gasteiger partial charge on any atom is 0.235 e. The molecule has 22 heavy (non-hydrogen) atoms. The van der Waals surface area contributed by atoms with Crippen LogP contribution in [0.15, 0.2) is 53.4 Å². The third kappa shape index (κ3) is 4.31. The molecule has 0 radical (unpaired) electrons. The monoisotopic (exact) mass is 321 g/mol. The third-order valence-corrected chi connectivity index (χ3v) is 4.32. The Morgan fingerprint density at radius 1 is 1.18 bits per heavy atom. The first-order chi connectivity index (χ1) is 10.5. The second-order valence-electron chi connectivity index (χ2n) is 5.01. The molecule has 0 heterocycles. The summed E-state index contributed by atoms with van der Waals surface area (Å²) in [6.45, 7) is 2.22. The zero-order valence-electron chi connectivity index (χ0n) is 12.4. The maximum absolute atomic E-state index is 13.6. The summed E-state index contributed by atoms with van der Waals surface area (Å²) in [6, 6.07) is 13.0. The largest absolute Gasteiger partial charge is 0.340 e. The quantitative estimate of drug-likeness (QED) is 0.773. The van der Waals surface area contributed by atoms with Gasteiger partial charge in [0, 0.05) is 24.6 Å². The number of carbonyl (C=O) groups is 1. The first-order valence-electron chi connectivity index (χ1n) is 6.88. The van der Waals surface area contributed by atoms with Crippen molar-refractivity contribution >= 4 is 17.7 Å².